The van der Waals surface area contributed by atoms with E-state index in [-0.39, 0.29) is 23.1 Å². The Morgan fingerprint density at radius 1 is 0.595 bits per heavy atom. The second-order valence-electron chi connectivity index (χ2n) is 9.23. The van der Waals surface area contributed by atoms with E-state index in [0.717, 1.165) is 21.3 Å². The maximum Gasteiger partial charge on any atom is 0.197 e. The summed E-state index contributed by atoms with van der Waals surface area (Å²) in [6.45, 7) is 0. The number of carbonyl (C=O) groups excluding carboxylic acids is 2. The van der Waals surface area contributed by atoms with E-state index in [1.165, 1.54) is 16.7 Å². The summed E-state index contributed by atoms with van der Waals surface area (Å²) < 4.78 is 0. The molecule has 0 atom stereocenters. The van der Waals surface area contributed by atoms with Gasteiger partial charge in [0.2, 0.25) is 0 Å². The van der Waals surface area contributed by atoms with Crippen LogP contribution in [0.1, 0.15) is 48.2 Å². The third-order valence-corrected chi connectivity index (χ3v) is 8.15. The highest BCUT2D eigenvalue weighted by atomic mass is 32.1. The Morgan fingerprint density at radius 2 is 1.14 bits per heavy atom. The smallest absolute Gasteiger partial charge is 0.197 e. The number of carbonyl (C=O) groups is 2. The number of para-hydroxylation sites is 2. The van der Waals surface area contributed by atoms with Gasteiger partial charge in [0, 0.05) is 21.9 Å². The second-order valence-corrected chi connectivity index (χ2v) is 10.3. The summed E-state index contributed by atoms with van der Waals surface area (Å²) in [5, 5.41) is 1.04. The topological polar surface area (TPSA) is 37.4 Å². The first-order chi connectivity index (χ1) is 18.2. The molecule has 3 nitrogen and oxygen atoms in total. The van der Waals surface area contributed by atoms with Crippen molar-refractivity contribution in [2.75, 3.05) is 4.90 Å². The molecule has 0 saturated carbocycles. The maximum atomic E-state index is 12.9. The third-order valence-electron chi connectivity index (χ3n) is 7.14. The van der Waals surface area contributed by atoms with Crippen molar-refractivity contribution >= 4 is 45.4 Å². The molecule has 4 heteroatoms. The van der Waals surface area contributed by atoms with E-state index in [2.05, 4.69) is 89.8 Å². The number of rotatable bonds is 3. The second kappa shape index (κ2) is 8.54. The summed E-state index contributed by atoms with van der Waals surface area (Å²) in [5.41, 5.74) is 7.24. The van der Waals surface area contributed by atoms with Gasteiger partial charge in [0.15, 0.2) is 11.6 Å². The minimum atomic E-state index is -0.199. The van der Waals surface area contributed by atoms with Gasteiger partial charge < -0.3 is 4.90 Å². The van der Waals surface area contributed by atoms with Crippen molar-refractivity contribution in [2.24, 2.45) is 0 Å². The van der Waals surface area contributed by atoms with Crippen LogP contribution in [0.3, 0.4) is 0 Å². The van der Waals surface area contributed by atoms with Gasteiger partial charge in [0.05, 0.1) is 16.9 Å². The Morgan fingerprint density at radius 3 is 1.76 bits per heavy atom. The Kier molecular flexibility index (Phi) is 5.01. The van der Waals surface area contributed by atoms with Gasteiger partial charge >= 0.3 is 0 Å². The fourth-order valence-electron chi connectivity index (χ4n) is 5.50. The van der Waals surface area contributed by atoms with Crippen LogP contribution < -0.4 is 4.90 Å². The number of allylic oxidation sites excluding steroid dienone is 1. The number of benzene rings is 4. The zero-order chi connectivity index (χ0) is 24.9. The lowest BCUT2D eigenvalue weighted by atomic mass is 9.80. The van der Waals surface area contributed by atoms with Crippen LogP contribution in [0, 0.1) is 0 Å². The van der Waals surface area contributed by atoms with Crippen LogP contribution in [0.25, 0.3) is 6.08 Å². The highest BCUT2D eigenvalue weighted by Gasteiger charge is 2.34. The number of nitrogens with zero attached hydrogens (tertiary/aromatic N) is 1. The van der Waals surface area contributed by atoms with Crippen LogP contribution in [0.2, 0.25) is 0 Å². The Labute approximate surface area is 219 Å². The molecule has 176 valence electrons. The molecule has 1 aromatic heterocycles. The van der Waals surface area contributed by atoms with Crippen LogP contribution >= 0.6 is 11.3 Å². The monoisotopic (exact) mass is 495 g/mol. The van der Waals surface area contributed by atoms with E-state index in [4.69, 9.17) is 0 Å². The summed E-state index contributed by atoms with van der Waals surface area (Å²) in [6, 6.07) is 38.8. The minimum Gasteiger partial charge on any atom is -0.301 e. The largest absolute Gasteiger partial charge is 0.301 e. The van der Waals surface area contributed by atoms with Gasteiger partial charge in [0.1, 0.15) is 5.00 Å². The molecule has 2 heterocycles. The standard InChI is InChI=1S/C33H21NO2S/c35-32-23-12-4-5-13-24(23)33(36)27(32)20-22-18-19-30(37-22)34-28-16-8-6-14-25(28)31(21-10-2-1-3-11-21)26-15-7-9-17-29(26)34/h1-20,31H. The number of hydrogen-bond acceptors (Lipinski definition) is 4. The summed E-state index contributed by atoms with van der Waals surface area (Å²) in [4.78, 5) is 29.0. The van der Waals surface area contributed by atoms with Crippen LogP contribution in [0.15, 0.2) is 121 Å². The maximum absolute atomic E-state index is 12.9. The fraction of sp³-hybridized carbons (Fsp3) is 0.0303. The number of hydrogen-bond donors (Lipinski definition) is 0. The highest BCUT2D eigenvalue weighted by molar-refractivity contribution is 7.17. The van der Waals surface area contributed by atoms with Crippen molar-refractivity contribution in [1.82, 2.24) is 0 Å². The van der Waals surface area contributed by atoms with Crippen molar-refractivity contribution in [1.29, 1.82) is 0 Å². The van der Waals surface area contributed by atoms with E-state index >= 15 is 0 Å². The molecule has 0 spiro atoms. The molecule has 0 bridgehead atoms. The quantitative estimate of drug-likeness (QED) is 0.184. The number of ketones is 2. The first-order valence-electron chi connectivity index (χ1n) is 12.2. The number of thiophene rings is 1. The highest BCUT2D eigenvalue weighted by Crippen LogP contribution is 2.52. The Balaban J connectivity index is 1.33. The first kappa shape index (κ1) is 21.7. The van der Waals surface area contributed by atoms with Gasteiger partial charge in [-0.25, -0.2) is 0 Å². The van der Waals surface area contributed by atoms with Crippen molar-refractivity contribution in [3.8, 4) is 0 Å². The predicted octanol–water partition coefficient (Wildman–Crippen LogP) is 8.17. The van der Waals surface area contributed by atoms with Gasteiger partial charge in [-0.3, -0.25) is 9.59 Å². The summed E-state index contributed by atoms with van der Waals surface area (Å²) in [5.74, 6) is -0.261. The lowest BCUT2D eigenvalue weighted by Crippen LogP contribution is -2.21. The summed E-state index contributed by atoms with van der Waals surface area (Å²) in [6.07, 6.45) is 1.74. The van der Waals surface area contributed by atoms with Gasteiger partial charge in [-0.15, -0.1) is 11.3 Å². The molecule has 1 aliphatic carbocycles. The van der Waals surface area contributed by atoms with Crippen LogP contribution in [-0.4, -0.2) is 11.6 Å². The molecular weight excluding hydrogens is 474 g/mol. The normalized spacial score (nSPS) is 14.4. The van der Waals surface area contributed by atoms with Crippen LogP contribution in [0.5, 0.6) is 0 Å². The molecular formula is C33H21NO2S. The Bertz CT molecular complexity index is 1650. The van der Waals surface area contributed by atoms with Gasteiger partial charge in [-0.1, -0.05) is 91.0 Å². The lowest BCUT2D eigenvalue weighted by molar-refractivity contribution is 0.0990. The van der Waals surface area contributed by atoms with Crippen molar-refractivity contribution in [2.45, 2.75) is 5.92 Å². The van der Waals surface area contributed by atoms with Gasteiger partial charge in [-0.05, 0) is 47.0 Å². The van der Waals surface area contributed by atoms with Gasteiger partial charge in [0.25, 0.3) is 0 Å². The molecule has 0 amide bonds. The first-order valence-corrected chi connectivity index (χ1v) is 13.1. The number of anilines is 3. The average Bonchev–Trinajstić information content (AvgIpc) is 3.51. The van der Waals surface area contributed by atoms with E-state index in [0.29, 0.717) is 11.1 Å². The molecule has 0 saturated heterocycles. The fourth-order valence-corrected chi connectivity index (χ4v) is 6.47. The average molecular weight is 496 g/mol. The van der Waals surface area contributed by atoms with Crippen LogP contribution in [-0.2, 0) is 0 Å². The van der Waals surface area contributed by atoms with E-state index in [1.54, 1.807) is 41.7 Å². The summed E-state index contributed by atoms with van der Waals surface area (Å²) >= 11 is 1.58. The number of Topliss-reactive ketones (excluding diaryl/α,β-unsaturated/α-hetero) is 2. The van der Waals surface area contributed by atoms with Crippen molar-refractivity contribution < 1.29 is 9.59 Å². The van der Waals surface area contributed by atoms with E-state index in [1.807, 2.05) is 6.07 Å². The molecule has 4 aromatic carbocycles. The van der Waals surface area contributed by atoms with Gasteiger partial charge in [-0.2, -0.15) is 0 Å². The molecule has 0 fully saturated rings. The molecule has 2 aliphatic rings. The summed E-state index contributed by atoms with van der Waals surface area (Å²) in [7, 11) is 0. The molecule has 1 aliphatic heterocycles. The molecule has 5 aromatic rings. The van der Waals surface area contributed by atoms with Crippen molar-refractivity contribution in [3.05, 3.63) is 154 Å². The molecule has 0 N–H and O–H groups in total. The lowest BCUT2D eigenvalue weighted by Gasteiger charge is -2.37. The zero-order valence-electron chi connectivity index (χ0n) is 19.8. The molecule has 0 radical (unpaired) electrons. The third kappa shape index (κ3) is 3.41. The zero-order valence-corrected chi connectivity index (χ0v) is 20.6. The predicted molar refractivity (Wildman–Crippen MR) is 149 cm³/mol. The SMILES string of the molecule is O=C1C(=Cc2ccc(N3c4ccccc4C(c4ccccc4)c4ccccc43)s2)C(=O)c2ccccc21. The Hall–Kier alpha value is -4.54. The number of fused-ring (bicyclic) bond motifs is 3. The van der Waals surface area contributed by atoms with Crippen LogP contribution in [0.4, 0.5) is 16.4 Å². The molecule has 7 rings (SSSR count). The minimum absolute atomic E-state index is 0.138. The molecule has 0 unspecified atom stereocenters. The molecule has 37 heavy (non-hydrogen) atoms. The van der Waals surface area contributed by atoms with E-state index < -0.39 is 0 Å². The van der Waals surface area contributed by atoms with Crippen molar-refractivity contribution in [3.63, 3.8) is 0 Å². The van der Waals surface area contributed by atoms with E-state index in [9.17, 15) is 9.59 Å².